The highest BCUT2D eigenvalue weighted by molar-refractivity contribution is 6.19. The summed E-state index contributed by atoms with van der Waals surface area (Å²) in [6.07, 6.45) is 0. The van der Waals surface area contributed by atoms with Gasteiger partial charge in [-0.15, -0.1) is 0 Å². The summed E-state index contributed by atoms with van der Waals surface area (Å²) >= 11 is 0. The van der Waals surface area contributed by atoms with Crippen LogP contribution in [0.5, 0.6) is 0 Å². The molecular formula is C17H12FNO3. The average Bonchev–Trinajstić information content (AvgIpc) is 2.88. The number of aryl methyl sites for hydroxylation is 1. The lowest BCUT2D eigenvalue weighted by Crippen LogP contribution is -2.08. The molecule has 0 amide bonds. The third-order valence-corrected chi connectivity index (χ3v) is 3.59. The van der Waals surface area contributed by atoms with Crippen LogP contribution in [0.1, 0.15) is 32.0 Å². The number of aromatic carboxylic acids is 1. The summed E-state index contributed by atoms with van der Waals surface area (Å²) in [6.45, 7) is 1.83. The summed E-state index contributed by atoms with van der Waals surface area (Å²) in [5.41, 5.74) is 1.63. The lowest BCUT2D eigenvalue weighted by atomic mass is 10.0. The van der Waals surface area contributed by atoms with E-state index >= 15 is 0 Å². The SMILES string of the molecule is Cc1cccc2c(C(=O)O)c(C(=O)c3ccc(F)cc3)[nH]c12. The zero-order valence-electron chi connectivity index (χ0n) is 11.7. The van der Waals surface area contributed by atoms with Crippen LogP contribution in [0.15, 0.2) is 42.5 Å². The molecule has 0 saturated heterocycles. The zero-order valence-corrected chi connectivity index (χ0v) is 11.7. The van der Waals surface area contributed by atoms with Gasteiger partial charge in [-0.1, -0.05) is 18.2 Å². The number of hydrogen-bond donors (Lipinski definition) is 2. The maximum atomic E-state index is 13.0. The van der Waals surface area contributed by atoms with Crippen LogP contribution in [0.4, 0.5) is 4.39 Å². The first kappa shape index (κ1) is 14.0. The molecular weight excluding hydrogens is 285 g/mol. The molecule has 3 rings (SSSR count). The van der Waals surface area contributed by atoms with Crippen LogP contribution >= 0.6 is 0 Å². The van der Waals surface area contributed by atoms with E-state index in [9.17, 15) is 19.1 Å². The van der Waals surface area contributed by atoms with Gasteiger partial charge in [0.15, 0.2) is 0 Å². The summed E-state index contributed by atoms with van der Waals surface area (Å²) in [7, 11) is 0. The first-order valence-corrected chi connectivity index (χ1v) is 6.64. The quantitative estimate of drug-likeness (QED) is 0.726. The lowest BCUT2D eigenvalue weighted by molar-refractivity contribution is 0.0695. The van der Waals surface area contributed by atoms with Crippen LogP contribution in [0.2, 0.25) is 0 Å². The van der Waals surface area contributed by atoms with Crippen molar-refractivity contribution in [2.24, 2.45) is 0 Å². The Kier molecular flexibility index (Phi) is 3.25. The number of aromatic amines is 1. The Labute approximate surface area is 125 Å². The standard InChI is InChI=1S/C17H12FNO3/c1-9-3-2-4-12-13(17(21)22)15(19-14(9)12)16(20)10-5-7-11(18)8-6-10/h2-8,19H,1H3,(H,21,22). The first-order chi connectivity index (χ1) is 10.5. The molecule has 0 atom stereocenters. The molecule has 0 bridgehead atoms. The number of rotatable bonds is 3. The Balaban J connectivity index is 2.24. The van der Waals surface area contributed by atoms with Gasteiger partial charge in [0, 0.05) is 16.5 Å². The summed E-state index contributed by atoms with van der Waals surface area (Å²) in [4.78, 5) is 27.0. The van der Waals surface area contributed by atoms with Crippen molar-refractivity contribution in [3.63, 3.8) is 0 Å². The molecule has 0 spiro atoms. The van der Waals surface area contributed by atoms with Gasteiger partial charge in [0.25, 0.3) is 0 Å². The number of H-pyrrole nitrogens is 1. The molecule has 4 nitrogen and oxygen atoms in total. The van der Waals surface area contributed by atoms with Gasteiger partial charge >= 0.3 is 5.97 Å². The van der Waals surface area contributed by atoms with Crippen LogP contribution < -0.4 is 0 Å². The summed E-state index contributed by atoms with van der Waals surface area (Å²) in [5.74, 6) is -2.11. The summed E-state index contributed by atoms with van der Waals surface area (Å²) in [5, 5.41) is 9.94. The van der Waals surface area contributed by atoms with E-state index in [4.69, 9.17) is 0 Å². The van der Waals surface area contributed by atoms with Gasteiger partial charge in [0.05, 0.1) is 5.56 Å². The maximum absolute atomic E-state index is 13.0. The van der Waals surface area contributed by atoms with Gasteiger partial charge in [0.2, 0.25) is 5.78 Å². The number of carboxylic acids is 1. The molecule has 0 aliphatic rings. The Morgan fingerprint density at radius 2 is 1.77 bits per heavy atom. The van der Waals surface area contributed by atoms with E-state index in [1.165, 1.54) is 24.3 Å². The van der Waals surface area contributed by atoms with Crippen molar-refractivity contribution in [2.45, 2.75) is 6.92 Å². The topological polar surface area (TPSA) is 70.2 Å². The molecule has 110 valence electrons. The highest BCUT2D eigenvalue weighted by Gasteiger charge is 2.24. The van der Waals surface area contributed by atoms with E-state index in [1.807, 2.05) is 13.0 Å². The third kappa shape index (κ3) is 2.16. The van der Waals surface area contributed by atoms with Crippen LogP contribution in [-0.4, -0.2) is 21.8 Å². The third-order valence-electron chi connectivity index (χ3n) is 3.59. The molecule has 1 aromatic heterocycles. The molecule has 2 N–H and O–H groups in total. The van der Waals surface area contributed by atoms with Gasteiger partial charge in [-0.05, 0) is 36.8 Å². The number of carboxylic acid groups (broad SMARTS) is 1. The molecule has 3 aromatic rings. The van der Waals surface area contributed by atoms with Crippen LogP contribution in [0.25, 0.3) is 10.9 Å². The number of para-hydroxylation sites is 1. The fourth-order valence-corrected chi connectivity index (χ4v) is 2.50. The van der Waals surface area contributed by atoms with Gasteiger partial charge in [-0.2, -0.15) is 0 Å². The normalized spacial score (nSPS) is 10.8. The lowest BCUT2D eigenvalue weighted by Gasteiger charge is -2.01. The Morgan fingerprint density at radius 1 is 1.09 bits per heavy atom. The second kappa shape index (κ2) is 5.11. The molecule has 0 unspecified atom stereocenters. The van der Waals surface area contributed by atoms with Crippen molar-refractivity contribution in [3.05, 3.63) is 70.7 Å². The number of ketones is 1. The largest absolute Gasteiger partial charge is 0.478 e. The highest BCUT2D eigenvalue weighted by atomic mass is 19.1. The van der Waals surface area contributed by atoms with Crippen molar-refractivity contribution >= 4 is 22.7 Å². The van der Waals surface area contributed by atoms with E-state index < -0.39 is 17.6 Å². The maximum Gasteiger partial charge on any atom is 0.338 e. The zero-order chi connectivity index (χ0) is 15.9. The number of nitrogens with one attached hydrogen (secondary N) is 1. The molecule has 0 aliphatic heterocycles. The van der Waals surface area contributed by atoms with Crippen molar-refractivity contribution in [1.82, 2.24) is 4.98 Å². The molecule has 1 heterocycles. The second-order valence-corrected chi connectivity index (χ2v) is 5.01. The number of carbonyl (C=O) groups is 2. The van der Waals surface area contributed by atoms with Crippen LogP contribution in [-0.2, 0) is 0 Å². The predicted molar refractivity (Wildman–Crippen MR) is 79.8 cm³/mol. The van der Waals surface area contributed by atoms with E-state index in [0.29, 0.717) is 10.9 Å². The number of benzene rings is 2. The fourth-order valence-electron chi connectivity index (χ4n) is 2.50. The second-order valence-electron chi connectivity index (χ2n) is 5.01. The average molecular weight is 297 g/mol. The molecule has 0 saturated carbocycles. The minimum atomic E-state index is -1.18. The van der Waals surface area contributed by atoms with E-state index in [1.54, 1.807) is 12.1 Å². The molecule has 0 fully saturated rings. The molecule has 5 heteroatoms. The molecule has 22 heavy (non-hydrogen) atoms. The molecule has 0 radical (unpaired) electrons. The number of halogens is 1. The van der Waals surface area contributed by atoms with Crippen molar-refractivity contribution < 1.29 is 19.1 Å². The van der Waals surface area contributed by atoms with E-state index in [0.717, 1.165) is 5.56 Å². The van der Waals surface area contributed by atoms with E-state index in [2.05, 4.69) is 4.98 Å². The summed E-state index contributed by atoms with van der Waals surface area (Å²) < 4.78 is 13.0. The van der Waals surface area contributed by atoms with Crippen molar-refractivity contribution in [1.29, 1.82) is 0 Å². The number of hydrogen-bond acceptors (Lipinski definition) is 2. The Hall–Kier alpha value is -2.95. The predicted octanol–water partition coefficient (Wildman–Crippen LogP) is 3.54. The van der Waals surface area contributed by atoms with Gasteiger partial charge in [0.1, 0.15) is 11.5 Å². The Morgan fingerprint density at radius 3 is 2.41 bits per heavy atom. The van der Waals surface area contributed by atoms with Crippen molar-refractivity contribution in [3.8, 4) is 0 Å². The summed E-state index contributed by atoms with van der Waals surface area (Å²) in [6, 6.07) is 10.2. The molecule has 0 aliphatic carbocycles. The van der Waals surface area contributed by atoms with E-state index in [-0.39, 0.29) is 16.8 Å². The van der Waals surface area contributed by atoms with Crippen LogP contribution in [0.3, 0.4) is 0 Å². The smallest absolute Gasteiger partial charge is 0.338 e. The minimum Gasteiger partial charge on any atom is -0.478 e. The highest BCUT2D eigenvalue weighted by Crippen LogP contribution is 2.26. The molecule has 2 aromatic carbocycles. The van der Waals surface area contributed by atoms with Crippen molar-refractivity contribution in [2.75, 3.05) is 0 Å². The fraction of sp³-hybridized carbons (Fsp3) is 0.0588. The monoisotopic (exact) mass is 297 g/mol. The van der Waals surface area contributed by atoms with Crippen LogP contribution in [0, 0.1) is 12.7 Å². The number of fused-ring (bicyclic) bond motifs is 1. The van der Waals surface area contributed by atoms with Gasteiger partial charge in [-0.3, -0.25) is 4.79 Å². The Bertz CT molecular complexity index is 894. The minimum absolute atomic E-state index is 0.00316. The van der Waals surface area contributed by atoms with Gasteiger partial charge in [-0.25, -0.2) is 9.18 Å². The van der Waals surface area contributed by atoms with Gasteiger partial charge < -0.3 is 10.1 Å². The first-order valence-electron chi connectivity index (χ1n) is 6.64. The number of aromatic nitrogens is 1. The number of carbonyl (C=O) groups excluding carboxylic acids is 1.